The second-order valence-electron chi connectivity index (χ2n) is 3.50. The van der Waals surface area contributed by atoms with Crippen molar-refractivity contribution in [2.24, 2.45) is 5.92 Å². The average Bonchev–Trinajstić information content (AvgIpc) is 2.29. The predicted molar refractivity (Wildman–Crippen MR) is 58.9 cm³/mol. The van der Waals surface area contributed by atoms with Crippen molar-refractivity contribution < 1.29 is 9.90 Å². The summed E-state index contributed by atoms with van der Waals surface area (Å²) in [6.07, 6.45) is 2.01. The lowest BCUT2D eigenvalue weighted by molar-refractivity contribution is -0.141. The van der Waals surface area contributed by atoms with Gasteiger partial charge in [-0.25, -0.2) is 4.98 Å². The summed E-state index contributed by atoms with van der Waals surface area (Å²) in [5, 5.41) is 20.2. The molecule has 16 heavy (non-hydrogen) atoms. The Morgan fingerprint density at radius 3 is 2.94 bits per heavy atom. The summed E-state index contributed by atoms with van der Waals surface area (Å²) in [6, 6.07) is 5.34. The largest absolute Gasteiger partial charge is 0.481 e. The third-order valence-corrected chi connectivity index (χ3v) is 2.20. The van der Waals surface area contributed by atoms with Crippen molar-refractivity contribution >= 4 is 11.8 Å². The predicted octanol–water partition coefficient (Wildman–Crippen LogP) is 1.48. The molecule has 1 heterocycles. The first kappa shape index (κ1) is 12.0. The minimum atomic E-state index is -0.797. The van der Waals surface area contributed by atoms with Crippen LogP contribution in [0.15, 0.2) is 18.3 Å². The summed E-state index contributed by atoms with van der Waals surface area (Å²) in [5.41, 5.74) is 0.504. The molecule has 0 aromatic carbocycles. The minimum absolute atomic E-state index is 0.370. The van der Waals surface area contributed by atoms with Gasteiger partial charge in [0.2, 0.25) is 0 Å². The van der Waals surface area contributed by atoms with E-state index in [0.717, 1.165) is 0 Å². The van der Waals surface area contributed by atoms with Crippen LogP contribution in [0.4, 0.5) is 5.82 Å². The average molecular weight is 219 g/mol. The van der Waals surface area contributed by atoms with Gasteiger partial charge in [0.1, 0.15) is 11.9 Å². The maximum Gasteiger partial charge on any atom is 0.306 e. The lowest BCUT2D eigenvalue weighted by atomic mass is 10.1. The minimum Gasteiger partial charge on any atom is -0.481 e. The zero-order valence-electron chi connectivity index (χ0n) is 8.97. The molecule has 0 aliphatic heterocycles. The Hall–Kier alpha value is -2.09. The normalized spacial score (nSPS) is 11.5. The lowest BCUT2D eigenvalue weighted by Gasteiger charge is -2.07. The first-order valence-electron chi connectivity index (χ1n) is 4.96. The van der Waals surface area contributed by atoms with Gasteiger partial charge in [0.25, 0.3) is 0 Å². The molecule has 5 heteroatoms. The molecule has 5 nitrogen and oxygen atoms in total. The molecule has 0 aliphatic carbocycles. The number of aromatic nitrogens is 1. The molecule has 0 bridgehead atoms. The quantitative estimate of drug-likeness (QED) is 0.783. The van der Waals surface area contributed by atoms with E-state index in [9.17, 15) is 4.79 Å². The zero-order valence-corrected chi connectivity index (χ0v) is 8.97. The summed E-state index contributed by atoms with van der Waals surface area (Å²) in [4.78, 5) is 14.6. The number of carbonyl (C=O) groups is 1. The van der Waals surface area contributed by atoms with Crippen LogP contribution in [0.1, 0.15) is 18.9 Å². The molecule has 1 rings (SSSR count). The van der Waals surface area contributed by atoms with E-state index in [4.69, 9.17) is 10.4 Å². The van der Waals surface area contributed by atoms with Gasteiger partial charge >= 0.3 is 5.97 Å². The summed E-state index contributed by atoms with van der Waals surface area (Å²) in [7, 11) is 0. The third kappa shape index (κ3) is 3.58. The van der Waals surface area contributed by atoms with Crippen LogP contribution in [0.3, 0.4) is 0 Å². The highest BCUT2D eigenvalue weighted by Gasteiger charge is 2.09. The van der Waals surface area contributed by atoms with E-state index in [1.165, 1.54) is 6.20 Å². The van der Waals surface area contributed by atoms with Crippen molar-refractivity contribution in [1.82, 2.24) is 4.98 Å². The van der Waals surface area contributed by atoms with Gasteiger partial charge in [0.15, 0.2) is 0 Å². The highest BCUT2D eigenvalue weighted by molar-refractivity contribution is 5.69. The SMILES string of the molecule is CC(CCNc1ccc(C#N)cn1)C(=O)O. The van der Waals surface area contributed by atoms with Gasteiger partial charge in [-0.05, 0) is 18.6 Å². The topological polar surface area (TPSA) is 86.0 Å². The number of hydrogen-bond donors (Lipinski definition) is 2. The Morgan fingerprint density at radius 2 is 2.44 bits per heavy atom. The molecule has 0 saturated heterocycles. The van der Waals surface area contributed by atoms with Crippen LogP contribution in [0, 0.1) is 17.2 Å². The van der Waals surface area contributed by atoms with Crippen LogP contribution < -0.4 is 5.32 Å². The molecule has 0 saturated carbocycles. The molecular weight excluding hydrogens is 206 g/mol. The van der Waals surface area contributed by atoms with Crippen LogP contribution in [0.25, 0.3) is 0 Å². The maximum atomic E-state index is 10.5. The molecule has 1 aromatic heterocycles. The van der Waals surface area contributed by atoms with Gasteiger partial charge in [-0.15, -0.1) is 0 Å². The van der Waals surface area contributed by atoms with Crippen molar-refractivity contribution in [1.29, 1.82) is 5.26 Å². The zero-order chi connectivity index (χ0) is 12.0. The van der Waals surface area contributed by atoms with Crippen LogP contribution in [0.5, 0.6) is 0 Å². The van der Waals surface area contributed by atoms with Crippen molar-refractivity contribution in [2.45, 2.75) is 13.3 Å². The number of nitrogens with one attached hydrogen (secondary N) is 1. The van der Waals surface area contributed by atoms with Gasteiger partial charge in [-0.2, -0.15) is 5.26 Å². The van der Waals surface area contributed by atoms with Gasteiger partial charge < -0.3 is 10.4 Å². The van der Waals surface area contributed by atoms with E-state index in [1.54, 1.807) is 19.1 Å². The molecule has 1 aromatic rings. The van der Waals surface area contributed by atoms with Crippen molar-refractivity contribution in [2.75, 3.05) is 11.9 Å². The number of rotatable bonds is 5. The van der Waals surface area contributed by atoms with E-state index in [-0.39, 0.29) is 5.92 Å². The van der Waals surface area contributed by atoms with Crippen LogP contribution in [0.2, 0.25) is 0 Å². The number of nitrogens with zero attached hydrogens (tertiary/aromatic N) is 2. The van der Waals surface area contributed by atoms with Gasteiger partial charge in [0, 0.05) is 12.7 Å². The summed E-state index contributed by atoms with van der Waals surface area (Å²) < 4.78 is 0. The first-order chi connectivity index (χ1) is 7.63. The molecule has 1 unspecified atom stereocenters. The van der Waals surface area contributed by atoms with Crippen molar-refractivity contribution in [3.63, 3.8) is 0 Å². The lowest BCUT2D eigenvalue weighted by Crippen LogP contribution is -2.14. The smallest absolute Gasteiger partial charge is 0.306 e. The fourth-order valence-corrected chi connectivity index (χ4v) is 1.10. The monoisotopic (exact) mass is 219 g/mol. The molecule has 0 radical (unpaired) electrons. The number of aliphatic carboxylic acids is 1. The van der Waals surface area contributed by atoms with Crippen LogP contribution in [-0.4, -0.2) is 22.6 Å². The van der Waals surface area contributed by atoms with E-state index in [1.807, 2.05) is 6.07 Å². The summed E-state index contributed by atoms with van der Waals surface area (Å²) >= 11 is 0. The van der Waals surface area contributed by atoms with Gasteiger partial charge in [0.05, 0.1) is 11.5 Å². The highest BCUT2D eigenvalue weighted by atomic mass is 16.4. The van der Waals surface area contributed by atoms with E-state index in [2.05, 4.69) is 10.3 Å². The number of carboxylic acid groups (broad SMARTS) is 1. The summed E-state index contributed by atoms with van der Waals surface area (Å²) in [5.74, 6) is -0.517. The number of pyridine rings is 1. The molecule has 0 aliphatic rings. The highest BCUT2D eigenvalue weighted by Crippen LogP contribution is 2.06. The van der Waals surface area contributed by atoms with Crippen molar-refractivity contribution in [3.05, 3.63) is 23.9 Å². The third-order valence-electron chi connectivity index (χ3n) is 2.20. The Morgan fingerprint density at radius 1 is 1.69 bits per heavy atom. The Labute approximate surface area is 93.7 Å². The van der Waals surface area contributed by atoms with Crippen molar-refractivity contribution in [3.8, 4) is 6.07 Å². The number of nitriles is 1. The standard InChI is InChI=1S/C11H13N3O2/c1-8(11(15)16)4-5-13-10-3-2-9(6-12)7-14-10/h2-3,7-8H,4-5H2,1H3,(H,13,14)(H,15,16). The fraction of sp³-hybridized carbons (Fsp3) is 0.364. The second-order valence-corrected chi connectivity index (χ2v) is 3.50. The Bertz CT molecular complexity index is 395. The molecule has 1 atom stereocenters. The second kappa shape index (κ2) is 5.71. The first-order valence-corrected chi connectivity index (χ1v) is 4.96. The van der Waals surface area contributed by atoms with E-state index >= 15 is 0 Å². The van der Waals surface area contributed by atoms with Gasteiger partial charge in [-0.3, -0.25) is 4.79 Å². The Balaban J connectivity index is 2.38. The molecule has 0 spiro atoms. The Kier molecular flexibility index (Phi) is 4.28. The summed E-state index contributed by atoms with van der Waals surface area (Å²) in [6.45, 7) is 2.21. The molecular formula is C11H13N3O2. The van der Waals surface area contributed by atoms with Crippen LogP contribution >= 0.6 is 0 Å². The number of anilines is 1. The molecule has 2 N–H and O–H groups in total. The van der Waals surface area contributed by atoms with E-state index in [0.29, 0.717) is 24.3 Å². The van der Waals surface area contributed by atoms with Crippen LogP contribution in [-0.2, 0) is 4.79 Å². The maximum absolute atomic E-state index is 10.5. The van der Waals surface area contributed by atoms with E-state index < -0.39 is 5.97 Å². The van der Waals surface area contributed by atoms with Gasteiger partial charge in [-0.1, -0.05) is 6.92 Å². The molecule has 0 fully saturated rings. The molecule has 0 amide bonds. The number of hydrogen-bond acceptors (Lipinski definition) is 4. The fourth-order valence-electron chi connectivity index (χ4n) is 1.10. The molecule has 84 valence electrons. The number of carboxylic acids is 1.